The Morgan fingerprint density at radius 2 is 2.35 bits per heavy atom. The quantitative estimate of drug-likeness (QED) is 0.678. The molecular weight excluding hydrogens is 252 g/mol. The third-order valence-electron chi connectivity index (χ3n) is 2.58. The molecule has 0 saturated heterocycles. The normalized spacial score (nSPS) is 11.1. The third kappa shape index (κ3) is 1.81. The summed E-state index contributed by atoms with van der Waals surface area (Å²) >= 11 is 3.22. The second-order valence-corrected chi connectivity index (χ2v) is 5.71. The summed E-state index contributed by atoms with van der Waals surface area (Å²) in [6.45, 7) is 2.79. The lowest BCUT2D eigenvalue weighted by atomic mass is 10.2. The number of carbonyl (C=O) groups excluding carboxylic acids is 1. The van der Waals surface area contributed by atoms with Crippen LogP contribution in [0.1, 0.15) is 22.2 Å². The summed E-state index contributed by atoms with van der Waals surface area (Å²) in [5, 5.41) is 6.17. The van der Waals surface area contributed by atoms with E-state index in [-0.39, 0.29) is 5.78 Å². The van der Waals surface area contributed by atoms with Gasteiger partial charge in [0.15, 0.2) is 0 Å². The maximum Gasteiger partial charge on any atom is 0.206 e. The highest BCUT2D eigenvalue weighted by molar-refractivity contribution is 7.28. The largest absolute Gasteiger partial charge is 0.288 e. The number of hydrogen-bond acceptors (Lipinski definition) is 4. The predicted octanol–water partition coefficient (Wildman–Crippen LogP) is 3.41. The number of thiophene rings is 2. The second-order valence-electron chi connectivity index (χ2n) is 3.67. The average molecular weight is 262 g/mol. The molecule has 17 heavy (non-hydrogen) atoms. The van der Waals surface area contributed by atoms with E-state index in [9.17, 15) is 4.79 Å². The molecule has 0 bridgehead atoms. The first kappa shape index (κ1) is 10.7. The van der Waals surface area contributed by atoms with Gasteiger partial charge in [0, 0.05) is 22.1 Å². The van der Waals surface area contributed by atoms with Gasteiger partial charge in [-0.2, -0.15) is 5.10 Å². The zero-order valence-electron chi connectivity index (χ0n) is 9.21. The van der Waals surface area contributed by atoms with Crippen molar-refractivity contribution >= 4 is 37.9 Å². The Morgan fingerprint density at radius 1 is 1.47 bits per heavy atom. The van der Waals surface area contributed by atoms with Gasteiger partial charge in [-0.15, -0.1) is 22.7 Å². The Kier molecular flexibility index (Phi) is 2.57. The van der Waals surface area contributed by atoms with E-state index in [4.69, 9.17) is 0 Å². The molecule has 0 aliphatic rings. The summed E-state index contributed by atoms with van der Waals surface area (Å²) in [5.41, 5.74) is 0.667. The topological polar surface area (TPSA) is 34.9 Å². The van der Waals surface area contributed by atoms with Gasteiger partial charge in [-0.3, -0.25) is 9.48 Å². The van der Waals surface area contributed by atoms with Crippen LogP contribution < -0.4 is 0 Å². The Morgan fingerprint density at radius 3 is 3.06 bits per heavy atom. The monoisotopic (exact) mass is 262 g/mol. The lowest BCUT2D eigenvalue weighted by Gasteiger charge is -1.92. The highest BCUT2D eigenvalue weighted by Gasteiger charge is 2.14. The van der Waals surface area contributed by atoms with E-state index in [2.05, 4.69) is 11.2 Å². The fourth-order valence-corrected chi connectivity index (χ4v) is 3.74. The van der Waals surface area contributed by atoms with Crippen LogP contribution in [0.3, 0.4) is 0 Å². The fraction of sp³-hybridized carbons (Fsp3) is 0.167. The highest BCUT2D eigenvalue weighted by Crippen LogP contribution is 2.31. The van der Waals surface area contributed by atoms with Crippen molar-refractivity contribution in [2.45, 2.75) is 13.5 Å². The number of hydrogen-bond donors (Lipinski definition) is 0. The summed E-state index contributed by atoms with van der Waals surface area (Å²) in [6.07, 6.45) is 3.44. The summed E-state index contributed by atoms with van der Waals surface area (Å²) in [6, 6.07) is 4.02. The molecule has 3 heterocycles. The number of carbonyl (C=O) groups is 1. The number of aryl methyl sites for hydroxylation is 1. The minimum absolute atomic E-state index is 0.0677. The van der Waals surface area contributed by atoms with Crippen LogP contribution in [-0.4, -0.2) is 15.6 Å². The van der Waals surface area contributed by atoms with Crippen molar-refractivity contribution < 1.29 is 4.79 Å². The van der Waals surface area contributed by atoms with Crippen molar-refractivity contribution in [3.63, 3.8) is 0 Å². The van der Waals surface area contributed by atoms with Gasteiger partial charge in [0.2, 0.25) is 5.78 Å². The molecule has 86 valence electrons. The van der Waals surface area contributed by atoms with Crippen LogP contribution in [0.5, 0.6) is 0 Å². The molecular formula is C12H10N2OS2. The van der Waals surface area contributed by atoms with Gasteiger partial charge < -0.3 is 0 Å². The van der Waals surface area contributed by atoms with E-state index in [1.54, 1.807) is 39.7 Å². The molecule has 0 N–H and O–H groups in total. The van der Waals surface area contributed by atoms with Gasteiger partial charge in [0.1, 0.15) is 0 Å². The van der Waals surface area contributed by atoms with Crippen LogP contribution in [0.4, 0.5) is 0 Å². The molecule has 0 saturated carbocycles. The van der Waals surface area contributed by atoms with Crippen LogP contribution in [0, 0.1) is 0 Å². The SMILES string of the molecule is CCn1cc(C(=O)c2cc3sccc3s2)cn1. The van der Waals surface area contributed by atoms with Crippen molar-refractivity contribution in [3.05, 3.63) is 40.3 Å². The van der Waals surface area contributed by atoms with Crippen LogP contribution in [0.25, 0.3) is 9.40 Å². The second kappa shape index (κ2) is 4.09. The van der Waals surface area contributed by atoms with E-state index in [0.29, 0.717) is 5.56 Å². The first-order chi connectivity index (χ1) is 8.28. The van der Waals surface area contributed by atoms with Crippen LogP contribution >= 0.6 is 22.7 Å². The molecule has 0 spiro atoms. The van der Waals surface area contributed by atoms with Crippen LogP contribution in [0.15, 0.2) is 29.9 Å². The van der Waals surface area contributed by atoms with E-state index >= 15 is 0 Å². The minimum Gasteiger partial charge on any atom is -0.288 e. The van der Waals surface area contributed by atoms with Gasteiger partial charge in [0.05, 0.1) is 16.6 Å². The third-order valence-corrected chi connectivity index (χ3v) is 4.67. The first-order valence-corrected chi connectivity index (χ1v) is 7.01. The van der Waals surface area contributed by atoms with Gasteiger partial charge >= 0.3 is 0 Å². The highest BCUT2D eigenvalue weighted by atomic mass is 32.1. The molecule has 5 heteroatoms. The number of ketones is 1. The molecule has 3 aromatic heterocycles. The van der Waals surface area contributed by atoms with Gasteiger partial charge in [0.25, 0.3) is 0 Å². The van der Waals surface area contributed by atoms with Crippen LogP contribution in [-0.2, 0) is 6.54 Å². The van der Waals surface area contributed by atoms with Gasteiger partial charge in [-0.1, -0.05) is 0 Å². The zero-order valence-corrected chi connectivity index (χ0v) is 10.8. The smallest absolute Gasteiger partial charge is 0.206 e. The summed E-state index contributed by atoms with van der Waals surface area (Å²) in [7, 11) is 0. The Bertz CT molecular complexity index is 649. The van der Waals surface area contributed by atoms with Crippen molar-refractivity contribution in [3.8, 4) is 0 Å². The summed E-state index contributed by atoms with van der Waals surface area (Å²) in [4.78, 5) is 13.0. The fourth-order valence-electron chi connectivity index (χ4n) is 1.67. The molecule has 0 aromatic carbocycles. The molecule has 3 rings (SSSR count). The molecule has 0 fully saturated rings. The van der Waals surface area contributed by atoms with E-state index in [1.165, 1.54) is 9.40 Å². The van der Waals surface area contributed by atoms with E-state index < -0.39 is 0 Å². The number of rotatable bonds is 3. The van der Waals surface area contributed by atoms with E-state index in [1.807, 2.05) is 18.4 Å². The minimum atomic E-state index is 0.0677. The van der Waals surface area contributed by atoms with Gasteiger partial charge in [-0.25, -0.2) is 0 Å². The molecule has 0 amide bonds. The lowest BCUT2D eigenvalue weighted by molar-refractivity contribution is 0.104. The van der Waals surface area contributed by atoms with Crippen molar-refractivity contribution in [1.82, 2.24) is 9.78 Å². The zero-order chi connectivity index (χ0) is 11.8. The molecule has 0 unspecified atom stereocenters. The van der Waals surface area contributed by atoms with E-state index in [0.717, 1.165) is 11.4 Å². The number of fused-ring (bicyclic) bond motifs is 1. The molecule has 0 aliphatic carbocycles. The average Bonchev–Trinajstić information content (AvgIpc) is 3.02. The number of nitrogens with zero attached hydrogens (tertiary/aromatic N) is 2. The Labute approximate surface area is 106 Å². The summed E-state index contributed by atoms with van der Waals surface area (Å²) < 4.78 is 4.13. The number of aromatic nitrogens is 2. The van der Waals surface area contributed by atoms with Crippen LogP contribution in [0.2, 0.25) is 0 Å². The molecule has 3 nitrogen and oxygen atoms in total. The standard InChI is InChI=1S/C12H10N2OS2/c1-2-14-7-8(6-13-14)12(15)11-5-10-9(17-11)3-4-16-10/h3-7H,2H2,1H3. The Balaban J connectivity index is 1.98. The summed E-state index contributed by atoms with van der Waals surface area (Å²) in [5.74, 6) is 0.0677. The maximum atomic E-state index is 12.2. The van der Waals surface area contributed by atoms with Crippen molar-refractivity contribution in [2.24, 2.45) is 0 Å². The molecule has 3 aromatic rings. The Hall–Kier alpha value is -1.46. The van der Waals surface area contributed by atoms with Gasteiger partial charge in [-0.05, 0) is 24.4 Å². The molecule has 0 aliphatic heterocycles. The predicted molar refractivity (Wildman–Crippen MR) is 71.0 cm³/mol. The first-order valence-electron chi connectivity index (χ1n) is 5.32. The maximum absolute atomic E-state index is 12.2. The van der Waals surface area contributed by atoms with Crippen molar-refractivity contribution in [1.29, 1.82) is 0 Å². The molecule has 0 radical (unpaired) electrons. The van der Waals surface area contributed by atoms with Crippen molar-refractivity contribution in [2.75, 3.05) is 0 Å². The lowest BCUT2D eigenvalue weighted by Crippen LogP contribution is -1.97. The molecule has 0 atom stereocenters.